The molecule has 10 heteroatoms. The zero-order valence-corrected chi connectivity index (χ0v) is 16.2. The molecule has 0 bridgehead atoms. The lowest BCUT2D eigenvalue weighted by molar-refractivity contribution is -0.113. The summed E-state index contributed by atoms with van der Waals surface area (Å²) in [7, 11) is 1.75. The van der Waals surface area contributed by atoms with Crippen LogP contribution >= 0.6 is 23.4 Å². The van der Waals surface area contributed by atoms with E-state index in [4.69, 9.17) is 16.3 Å². The van der Waals surface area contributed by atoms with Gasteiger partial charge in [-0.25, -0.2) is 8.78 Å². The fourth-order valence-electron chi connectivity index (χ4n) is 2.17. The molecule has 0 spiro atoms. The first-order chi connectivity index (χ1) is 13.4. The van der Waals surface area contributed by atoms with E-state index < -0.39 is 5.82 Å². The van der Waals surface area contributed by atoms with E-state index in [1.807, 2.05) is 0 Å². The number of ether oxygens (including phenoxy) is 1. The highest BCUT2D eigenvalue weighted by atomic mass is 35.5. The SMILES string of the molecule is Cn1c(COc2ccc(F)c(Cl)c2)nnc1SCC(=O)Nc1ccc(F)cc1. The summed E-state index contributed by atoms with van der Waals surface area (Å²) in [5.41, 5.74) is 0.511. The number of hydrogen-bond donors (Lipinski definition) is 1. The van der Waals surface area contributed by atoms with Crippen molar-refractivity contribution < 1.29 is 18.3 Å². The zero-order chi connectivity index (χ0) is 20.1. The Balaban J connectivity index is 1.53. The average molecular weight is 425 g/mol. The molecule has 0 aliphatic heterocycles. The Morgan fingerprint density at radius 1 is 1.21 bits per heavy atom. The fourth-order valence-corrected chi connectivity index (χ4v) is 3.07. The van der Waals surface area contributed by atoms with E-state index in [1.54, 1.807) is 11.6 Å². The van der Waals surface area contributed by atoms with Gasteiger partial charge in [0, 0.05) is 18.8 Å². The predicted molar refractivity (Wildman–Crippen MR) is 102 cm³/mol. The van der Waals surface area contributed by atoms with Gasteiger partial charge in [0.2, 0.25) is 5.91 Å². The second-order valence-corrected chi connectivity index (χ2v) is 7.02. The lowest BCUT2D eigenvalue weighted by atomic mass is 10.3. The molecule has 0 saturated heterocycles. The van der Waals surface area contributed by atoms with Crippen molar-refractivity contribution in [3.63, 3.8) is 0 Å². The van der Waals surface area contributed by atoms with Gasteiger partial charge in [0.05, 0.1) is 10.8 Å². The summed E-state index contributed by atoms with van der Waals surface area (Å²) >= 11 is 6.92. The number of amides is 1. The Morgan fingerprint density at radius 3 is 2.68 bits per heavy atom. The van der Waals surface area contributed by atoms with Crippen LogP contribution in [0.5, 0.6) is 5.75 Å². The summed E-state index contributed by atoms with van der Waals surface area (Å²) in [6, 6.07) is 9.57. The van der Waals surface area contributed by atoms with Gasteiger partial charge in [-0.2, -0.15) is 0 Å². The Morgan fingerprint density at radius 2 is 1.96 bits per heavy atom. The summed E-state index contributed by atoms with van der Waals surface area (Å²) in [6.07, 6.45) is 0. The highest BCUT2D eigenvalue weighted by Crippen LogP contribution is 2.22. The van der Waals surface area contributed by atoms with Gasteiger partial charge in [0.25, 0.3) is 0 Å². The molecule has 0 aliphatic rings. The summed E-state index contributed by atoms with van der Waals surface area (Å²) < 4.78 is 33.3. The van der Waals surface area contributed by atoms with Crippen LogP contribution in [0.2, 0.25) is 5.02 Å². The number of benzene rings is 2. The molecular weight excluding hydrogens is 410 g/mol. The number of carbonyl (C=O) groups excluding carboxylic acids is 1. The van der Waals surface area contributed by atoms with E-state index >= 15 is 0 Å². The van der Waals surface area contributed by atoms with E-state index in [9.17, 15) is 13.6 Å². The molecule has 0 fully saturated rings. The molecule has 0 aliphatic carbocycles. The van der Waals surface area contributed by atoms with E-state index in [0.29, 0.717) is 22.4 Å². The molecule has 0 radical (unpaired) electrons. The minimum absolute atomic E-state index is 0.0288. The highest BCUT2D eigenvalue weighted by molar-refractivity contribution is 7.99. The third-order valence-corrected chi connectivity index (χ3v) is 4.95. The molecule has 1 heterocycles. The van der Waals surface area contributed by atoms with Crippen molar-refractivity contribution in [2.45, 2.75) is 11.8 Å². The molecule has 1 amide bonds. The molecule has 1 N–H and O–H groups in total. The highest BCUT2D eigenvalue weighted by Gasteiger charge is 2.13. The monoisotopic (exact) mass is 424 g/mol. The van der Waals surface area contributed by atoms with Crippen molar-refractivity contribution in [1.29, 1.82) is 0 Å². The molecular formula is C18H15ClF2N4O2S. The average Bonchev–Trinajstić information content (AvgIpc) is 3.03. The van der Waals surface area contributed by atoms with Crippen LogP contribution < -0.4 is 10.1 Å². The summed E-state index contributed by atoms with van der Waals surface area (Å²) in [5, 5.41) is 11.2. The first kappa shape index (κ1) is 20.1. The van der Waals surface area contributed by atoms with Crippen LogP contribution in [0, 0.1) is 11.6 Å². The Kier molecular flexibility index (Phi) is 6.48. The topological polar surface area (TPSA) is 69.0 Å². The molecule has 28 heavy (non-hydrogen) atoms. The second kappa shape index (κ2) is 9.03. The molecule has 2 aromatic carbocycles. The molecule has 0 saturated carbocycles. The van der Waals surface area contributed by atoms with Crippen molar-refractivity contribution in [3.8, 4) is 5.75 Å². The van der Waals surface area contributed by atoms with Gasteiger partial charge >= 0.3 is 0 Å². The van der Waals surface area contributed by atoms with Crippen LogP contribution in [0.3, 0.4) is 0 Å². The summed E-state index contributed by atoms with van der Waals surface area (Å²) in [4.78, 5) is 12.0. The first-order valence-electron chi connectivity index (χ1n) is 8.06. The van der Waals surface area contributed by atoms with Gasteiger partial charge in [-0.3, -0.25) is 4.79 Å². The van der Waals surface area contributed by atoms with Gasteiger partial charge in [-0.05, 0) is 36.4 Å². The van der Waals surface area contributed by atoms with E-state index in [1.165, 1.54) is 54.2 Å². The summed E-state index contributed by atoms with van der Waals surface area (Å²) in [6.45, 7) is 0.105. The van der Waals surface area contributed by atoms with Crippen LogP contribution in [-0.4, -0.2) is 26.4 Å². The van der Waals surface area contributed by atoms with Crippen LogP contribution in [0.4, 0.5) is 14.5 Å². The van der Waals surface area contributed by atoms with E-state index in [-0.39, 0.29) is 29.1 Å². The second-order valence-electron chi connectivity index (χ2n) is 5.67. The number of thioether (sulfide) groups is 1. The predicted octanol–water partition coefficient (Wildman–Crippen LogP) is 4.06. The third kappa shape index (κ3) is 5.20. The lowest BCUT2D eigenvalue weighted by Crippen LogP contribution is -2.14. The maximum Gasteiger partial charge on any atom is 0.234 e. The van der Waals surface area contributed by atoms with Crippen LogP contribution in [-0.2, 0) is 18.4 Å². The van der Waals surface area contributed by atoms with E-state index in [2.05, 4.69) is 15.5 Å². The lowest BCUT2D eigenvalue weighted by Gasteiger charge is -2.07. The summed E-state index contributed by atoms with van der Waals surface area (Å²) in [5.74, 6) is -0.102. The standard InChI is InChI=1S/C18H15ClF2N4O2S/c1-25-16(9-27-13-6-7-15(21)14(19)8-13)23-24-18(25)28-10-17(26)22-12-4-2-11(20)3-5-12/h2-8H,9-10H2,1H3,(H,22,26). The quantitative estimate of drug-likeness (QED) is 0.579. The minimum atomic E-state index is -0.523. The van der Waals surface area contributed by atoms with Crippen molar-refractivity contribution >= 4 is 35.0 Å². The van der Waals surface area contributed by atoms with Gasteiger partial charge in [0.15, 0.2) is 11.0 Å². The molecule has 146 valence electrons. The third-order valence-electron chi connectivity index (χ3n) is 3.64. The Bertz CT molecular complexity index is 982. The van der Waals surface area contributed by atoms with Crippen molar-refractivity contribution in [2.24, 2.45) is 7.05 Å². The molecule has 1 aromatic heterocycles. The number of aromatic nitrogens is 3. The first-order valence-corrected chi connectivity index (χ1v) is 9.43. The number of carbonyl (C=O) groups is 1. The Hall–Kier alpha value is -2.65. The van der Waals surface area contributed by atoms with Crippen molar-refractivity contribution in [2.75, 3.05) is 11.1 Å². The van der Waals surface area contributed by atoms with E-state index in [0.717, 1.165) is 0 Å². The normalized spacial score (nSPS) is 10.7. The number of nitrogens with one attached hydrogen (secondary N) is 1. The maximum absolute atomic E-state index is 13.2. The molecule has 3 rings (SSSR count). The number of halogens is 3. The van der Waals surface area contributed by atoms with Gasteiger partial charge < -0.3 is 14.6 Å². The van der Waals surface area contributed by atoms with Gasteiger partial charge in [0.1, 0.15) is 24.0 Å². The van der Waals surface area contributed by atoms with Crippen molar-refractivity contribution in [3.05, 3.63) is 64.9 Å². The maximum atomic E-state index is 13.2. The number of hydrogen-bond acceptors (Lipinski definition) is 5. The van der Waals surface area contributed by atoms with Crippen LogP contribution in [0.1, 0.15) is 5.82 Å². The molecule has 0 atom stereocenters. The largest absolute Gasteiger partial charge is 0.486 e. The zero-order valence-electron chi connectivity index (χ0n) is 14.7. The van der Waals surface area contributed by atoms with Gasteiger partial charge in [-0.1, -0.05) is 23.4 Å². The Labute approximate surface area is 168 Å². The minimum Gasteiger partial charge on any atom is -0.486 e. The van der Waals surface area contributed by atoms with Crippen LogP contribution in [0.15, 0.2) is 47.6 Å². The van der Waals surface area contributed by atoms with Crippen molar-refractivity contribution in [1.82, 2.24) is 14.8 Å². The molecule has 3 aromatic rings. The fraction of sp³-hybridized carbons (Fsp3) is 0.167. The molecule has 0 unspecified atom stereocenters. The smallest absolute Gasteiger partial charge is 0.234 e. The molecule has 6 nitrogen and oxygen atoms in total. The number of anilines is 1. The van der Waals surface area contributed by atoms with Crippen LogP contribution in [0.25, 0.3) is 0 Å². The number of rotatable bonds is 7. The number of nitrogens with zero attached hydrogens (tertiary/aromatic N) is 3. The van der Waals surface area contributed by atoms with Gasteiger partial charge in [-0.15, -0.1) is 10.2 Å².